The third-order valence-corrected chi connectivity index (χ3v) is 9.37. The minimum Gasteiger partial charge on any atom is -0.294 e. The Labute approximate surface area is 216 Å². The lowest BCUT2D eigenvalue weighted by molar-refractivity contribution is -0.277. The molecular formula is C33H51NO. The summed E-state index contributed by atoms with van der Waals surface area (Å²) in [4.78, 5) is 6.12. The average molecular weight is 478 g/mol. The highest BCUT2D eigenvalue weighted by atomic mass is 16.7. The topological polar surface area (TPSA) is 12.5 Å². The van der Waals surface area contributed by atoms with Crippen molar-refractivity contribution in [3.05, 3.63) is 54.1 Å². The third kappa shape index (κ3) is 6.31. The lowest BCUT2D eigenvalue weighted by Gasteiger charge is -2.54. The molecule has 0 radical (unpaired) electrons. The monoisotopic (exact) mass is 477 g/mol. The van der Waals surface area contributed by atoms with Crippen molar-refractivity contribution in [2.45, 2.75) is 122 Å². The Morgan fingerprint density at radius 3 is 2.14 bits per heavy atom. The molecule has 1 unspecified atom stereocenters. The second-order valence-corrected chi connectivity index (χ2v) is 13.1. The van der Waals surface area contributed by atoms with E-state index in [0.29, 0.717) is 12.5 Å². The van der Waals surface area contributed by atoms with Gasteiger partial charge in [-0.3, -0.25) is 4.84 Å². The SMILES string of the molecule is C=CCON1C(C)(C)CC(c2ccc(C3=CCC(C4CCC(CCC)CC4)CC3)cc2)CC1(C)C. The third-order valence-electron chi connectivity index (χ3n) is 9.37. The van der Waals surface area contributed by atoms with E-state index in [1.165, 1.54) is 68.9 Å². The molecule has 0 amide bonds. The van der Waals surface area contributed by atoms with Crippen LogP contribution in [0.3, 0.4) is 0 Å². The van der Waals surface area contributed by atoms with Crippen molar-refractivity contribution >= 4 is 5.57 Å². The highest BCUT2D eigenvalue weighted by Gasteiger charge is 2.46. The number of benzene rings is 1. The number of allylic oxidation sites excluding steroid dienone is 2. The van der Waals surface area contributed by atoms with Gasteiger partial charge in [-0.2, -0.15) is 5.06 Å². The van der Waals surface area contributed by atoms with Crippen molar-refractivity contribution in [2.24, 2.45) is 17.8 Å². The Bertz CT molecular complexity index is 838. The Balaban J connectivity index is 1.36. The standard InChI is InChI=1S/C33H51NO/c1-7-9-25-10-12-26(13-11-25)27-14-16-28(17-15-27)29-18-20-30(21-19-29)31-23-32(3,4)34(35-22-8-2)33(5,6)24-31/h8,16,18-21,25-27,31H,2,7,9-15,17,22-24H2,1,3-6H3. The zero-order valence-corrected chi connectivity index (χ0v) is 23.3. The Morgan fingerprint density at radius 2 is 1.60 bits per heavy atom. The van der Waals surface area contributed by atoms with Gasteiger partial charge in [0.1, 0.15) is 0 Å². The predicted molar refractivity (Wildman–Crippen MR) is 150 cm³/mol. The number of hydrogen-bond donors (Lipinski definition) is 0. The van der Waals surface area contributed by atoms with Crippen molar-refractivity contribution in [1.29, 1.82) is 0 Å². The van der Waals surface area contributed by atoms with Crippen LogP contribution in [0.1, 0.15) is 122 Å². The van der Waals surface area contributed by atoms with Gasteiger partial charge in [0.05, 0.1) is 6.61 Å². The number of nitrogens with zero attached hydrogens (tertiary/aromatic N) is 1. The largest absolute Gasteiger partial charge is 0.294 e. The van der Waals surface area contributed by atoms with Gasteiger partial charge in [0.15, 0.2) is 0 Å². The molecule has 2 heteroatoms. The van der Waals surface area contributed by atoms with Gasteiger partial charge >= 0.3 is 0 Å². The molecular weight excluding hydrogens is 426 g/mol. The normalized spacial score (nSPS) is 29.5. The molecule has 4 rings (SSSR count). The molecule has 1 atom stereocenters. The van der Waals surface area contributed by atoms with Crippen molar-refractivity contribution in [1.82, 2.24) is 5.06 Å². The van der Waals surface area contributed by atoms with Crippen LogP contribution >= 0.6 is 0 Å². The summed E-state index contributed by atoms with van der Waals surface area (Å²) in [5, 5.41) is 2.23. The molecule has 0 N–H and O–H groups in total. The first kappa shape index (κ1) is 26.7. The minimum atomic E-state index is -0.00924. The number of rotatable bonds is 8. The summed E-state index contributed by atoms with van der Waals surface area (Å²) in [7, 11) is 0. The molecule has 1 aliphatic heterocycles. The van der Waals surface area contributed by atoms with Crippen molar-refractivity contribution in [3.8, 4) is 0 Å². The van der Waals surface area contributed by atoms with Crippen molar-refractivity contribution in [3.63, 3.8) is 0 Å². The van der Waals surface area contributed by atoms with E-state index in [1.807, 2.05) is 6.08 Å². The summed E-state index contributed by atoms with van der Waals surface area (Å²) in [6.45, 7) is 16.0. The molecule has 0 spiro atoms. The molecule has 1 heterocycles. The number of hydrogen-bond acceptors (Lipinski definition) is 2. The van der Waals surface area contributed by atoms with Gasteiger partial charge in [-0.15, -0.1) is 6.58 Å². The minimum absolute atomic E-state index is 0.00924. The van der Waals surface area contributed by atoms with E-state index in [2.05, 4.69) is 76.6 Å². The summed E-state index contributed by atoms with van der Waals surface area (Å²) >= 11 is 0. The van der Waals surface area contributed by atoms with E-state index in [9.17, 15) is 0 Å². The summed E-state index contributed by atoms with van der Waals surface area (Å²) in [5.41, 5.74) is 4.50. The first-order valence-electron chi connectivity index (χ1n) is 14.6. The molecule has 3 aliphatic rings. The maximum atomic E-state index is 6.12. The molecule has 0 aromatic heterocycles. The van der Waals surface area contributed by atoms with E-state index >= 15 is 0 Å². The van der Waals surface area contributed by atoms with Crippen LogP contribution in [0.15, 0.2) is 43.0 Å². The fourth-order valence-corrected chi connectivity index (χ4v) is 7.85. The second-order valence-electron chi connectivity index (χ2n) is 13.1. The van der Waals surface area contributed by atoms with Gasteiger partial charge in [-0.1, -0.05) is 69.0 Å². The molecule has 2 aliphatic carbocycles. The summed E-state index contributed by atoms with van der Waals surface area (Å²) in [5.74, 6) is 3.49. The molecule has 1 saturated carbocycles. The van der Waals surface area contributed by atoms with Crippen LogP contribution in [0, 0.1) is 17.8 Å². The van der Waals surface area contributed by atoms with E-state index in [0.717, 1.165) is 30.6 Å². The highest BCUT2D eigenvalue weighted by molar-refractivity contribution is 5.66. The maximum Gasteiger partial charge on any atom is 0.0864 e. The van der Waals surface area contributed by atoms with Gasteiger partial charge in [0.2, 0.25) is 0 Å². The smallest absolute Gasteiger partial charge is 0.0864 e. The molecule has 2 fully saturated rings. The van der Waals surface area contributed by atoms with E-state index in [1.54, 1.807) is 5.57 Å². The van der Waals surface area contributed by atoms with Crippen molar-refractivity contribution < 1.29 is 4.84 Å². The lowest BCUT2D eigenvalue weighted by Crippen LogP contribution is -2.59. The fraction of sp³-hybridized carbons (Fsp3) is 0.697. The molecule has 194 valence electrons. The summed E-state index contributed by atoms with van der Waals surface area (Å²) in [6.07, 6.45) is 19.4. The van der Waals surface area contributed by atoms with E-state index < -0.39 is 0 Å². The highest BCUT2D eigenvalue weighted by Crippen LogP contribution is 2.46. The van der Waals surface area contributed by atoms with Crippen LogP contribution < -0.4 is 0 Å². The molecule has 0 bridgehead atoms. The van der Waals surface area contributed by atoms with Gasteiger partial charge < -0.3 is 0 Å². The van der Waals surface area contributed by atoms with Gasteiger partial charge in [0.25, 0.3) is 0 Å². The molecule has 1 saturated heterocycles. The van der Waals surface area contributed by atoms with Crippen LogP contribution in [0.4, 0.5) is 0 Å². The van der Waals surface area contributed by atoms with E-state index in [-0.39, 0.29) is 11.1 Å². The quantitative estimate of drug-likeness (QED) is 0.346. The first-order chi connectivity index (χ1) is 16.7. The molecule has 2 nitrogen and oxygen atoms in total. The van der Waals surface area contributed by atoms with Crippen LogP contribution in [-0.4, -0.2) is 22.7 Å². The van der Waals surface area contributed by atoms with Crippen LogP contribution in [0.25, 0.3) is 5.57 Å². The molecule has 1 aromatic carbocycles. The van der Waals surface area contributed by atoms with Crippen LogP contribution in [-0.2, 0) is 4.84 Å². The predicted octanol–water partition coefficient (Wildman–Crippen LogP) is 9.33. The summed E-state index contributed by atoms with van der Waals surface area (Å²) < 4.78 is 0. The Morgan fingerprint density at radius 1 is 0.943 bits per heavy atom. The zero-order valence-electron chi connectivity index (χ0n) is 23.3. The van der Waals surface area contributed by atoms with Crippen LogP contribution in [0.2, 0.25) is 0 Å². The van der Waals surface area contributed by atoms with Gasteiger partial charge in [-0.25, -0.2) is 0 Å². The molecule has 1 aromatic rings. The fourth-order valence-electron chi connectivity index (χ4n) is 7.85. The lowest BCUT2D eigenvalue weighted by atomic mass is 9.70. The second kappa shape index (κ2) is 11.3. The van der Waals surface area contributed by atoms with Gasteiger partial charge in [-0.05, 0) is 113 Å². The van der Waals surface area contributed by atoms with Crippen LogP contribution in [0.5, 0.6) is 0 Å². The molecule has 35 heavy (non-hydrogen) atoms. The van der Waals surface area contributed by atoms with Gasteiger partial charge in [0, 0.05) is 11.1 Å². The summed E-state index contributed by atoms with van der Waals surface area (Å²) in [6, 6.07) is 9.62. The number of piperidine rings is 1. The maximum absolute atomic E-state index is 6.12. The van der Waals surface area contributed by atoms with E-state index in [4.69, 9.17) is 4.84 Å². The Kier molecular flexibility index (Phi) is 8.65. The number of hydroxylamine groups is 2. The first-order valence-corrected chi connectivity index (χ1v) is 14.6. The average Bonchev–Trinajstić information content (AvgIpc) is 2.84. The zero-order chi connectivity index (χ0) is 25.1. The Hall–Kier alpha value is -1.38. The van der Waals surface area contributed by atoms with Crippen molar-refractivity contribution in [2.75, 3.05) is 6.61 Å².